The van der Waals surface area contributed by atoms with Gasteiger partial charge in [-0.1, -0.05) is 18.6 Å². The Morgan fingerprint density at radius 2 is 1.90 bits per heavy atom. The van der Waals surface area contributed by atoms with Gasteiger partial charge in [-0.05, 0) is 36.6 Å². The van der Waals surface area contributed by atoms with Gasteiger partial charge in [0.05, 0.1) is 7.11 Å². The number of ether oxygens (including phenoxy) is 1. The summed E-state index contributed by atoms with van der Waals surface area (Å²) in [5.74, 6) is -0.157. The lowest BCUT2D eigenvalue weighted by Gasteiger charge is -2.02. The monoisotopic (exact) mass is 291 g/mol. The number of hydrogen-bond donors (Lipinski definition) is 2. The molecule has 0 radical (unpaired) electrons. The molecule has 0 fully saturated rings. The van der Waals surface area contributed by atoms with E-state index < -0.39 is 0 Å². The average molecular weight is 291 g/mol. The van der Waals surface area contributed by atoms with Crippen LogP contribution in [-0.2, 0) is 14.3 Å². The number of carbonyl (C=O) groups excluding carboxylic acids is 2. The highest BCUT2D eigenvalue weighted by Gasteiger charge is 1.99. The van der Waals surface area contributed by atoms with Crippen LogP contribution in [0.1, 0.15) is 31.2 Å². The molecule has 0 aliphatic rings. The lowest BCUT2D eigenvalue weighted by Crippen LogP contribution is -2.22. The molecule has 1 aromatic rings. The third kappa shape index (κ3) is 7.77. The predicted molar refractivity (Wildman–Crippen MR) is 80.6 cm³/mol. The minimum absolute atomic E-state index is 0.156. The van der Waals surface area contributed by atoms with E-state index in [2.05, 4.69) is 10.1 Å². The molecule has 0 aromatic heterocycles. The maximum absolute atomic E-state index is 11.5. The molecule has 0 aliphatic heterocycles. The zero-order valence-electron chi connectivity index (χ0n) is 12.2. The van der Waals surface area contributed by atoms with E-state index in [0.717, 1.165) is 24.8 Å². The molecular formula is C16H21NO4. The summed E-state index contributed by atoms with van der Waals surface area (Å²) < 4.78 is 4.54. The van der Waals surface area contributed by atoms with Gasteiger partial charge in [0.25, 0.3) is 0 Å². The molecule has 0 aliphatic carbocycles. The zero-order valence-corrected chi connectivity index (χ0v) is 12.2. The van der Waals surface area contributed by atoms with Crippen molar-refractivity contribution in [2.75, 3.05) is 13.7 Å². The Morgan fingerprint density at radius 3 is 2.57 bits per heavy atom. The molecule has 0 unspecified atom stereocenters. The molecule has 0 heterocycles. The van der Waals surface area contributed by atoms with Gasteiger partial charge >= 0.3 is 5.97 Å². The van der Waals surface area contributed by atoms with Gasteiger partial charge in [0.1, 0.15) is 5.75 Å². The van der Waals surface area contributed by atoms with Crippen LogP contribution in [-0.4, -0.2) is 30.6 Å². The molecule has 1 amide bonds. The first-order chi connectivity index (χ1) is 10.1. The number of amides is 1. The molecule has 0 atom stereocenters. The molecule has 0 bridgehead atoms. The molecule has 0 spiro atoms. The van der Waals surface area contributed by atoms with Crippen LogP contribution in [0.15, 0.2) is 30.3 Å². The van der Waals surface area contributed by atoms with E-state index >= 15 is 0 Å². The molecule has 21 heavy (non-hydrogen) atoms. The maximum atomic E-state index is 11.5. The SMILES string of the molecule is COC(=O)CCCCCNC(=O)/C=C/c1ccc(O)cc1. The van der Waals surface area contributed by atoms with Crippen LogP contribution < -0.4 is 5.32 Å². The normalized spacial score (nSPS) is 10.5. The fourth-order valence-corrected chi connectivity index (χ4v) is 1.70. The summed E-state index contributed by atoms with van der Waals surface area (Å²) in [6, 6.07) is 6.59. The summed E-state index contributed by atoms with van der Waals surface area (Å²) >= 11 is 0. The van der Waals surface area contributed by atoms with E-state index in [0.29, 0.717) is 13.0 Å². The van der Waals surface area contributed by atoms with E-state index in [1.165, 1.54) is 13.2 Å². The van der Waals surface area contributed by atoms with Crippen molar-refractivity contribution in [3.8, 4) is 5.75 Å². The van der Waals surface area contributed by atoms with Crippen LogP contribution in [0, 0.1) is 0 Å². The van der Waals surface area contributed by atoms with E-state index in [1.54, 1.807) is 30.3 Å². The third-order valence-electron chi connectivity index (χ3n) is 2.90. The van der Waals surface area contributed by atoms with E-state index in [4.69, 9.17) is 5.11 Å². The van der Waals surface area contributed by atoms with Crippen LogP contribution in [0.2, 0.25) is 0 Å². The fraction of sp³-hybridized carbons (Fsp3) is 0.375. The van der Waals surface area contributed by atoms with E-state index in [9.17, 15) is 9.59 Å². The van der Waals surface area contributed by atoms with Crippen LogP contribution in [0.3, 0.4) is 0 Å². The lowest BCUT2D eigenvalue weighted by molar-refractivity contribution is -0.140. The second kappa shape index (κ2) is 9.58. The summed E-state index contributed by atoms with van der Waals surface area (Å²) in [5, 5.41) is 11.9. The highest BCUT2D eigenvalue weighted by Crippen LogP contribution is 2.10. The van der Waals surface area contributed by atoms with Crippen molar-refractivity contribution in [2.24, 2.45) is 0 Å². The number of unbranched alkanes of at least 4 members (excludes halogenated alkanes) is 2. The quantitative estimate of drug-likeness (QED) is 0.437. The first-order valence-corrected chi connectivity index (χ1v) is 6.93. The molecule has 5 nitrogen and oxygen atoms in total. The van der Waals surface area contributed by atoms with Crippen molar-refractivity contribution in [1.82, 2.24) is 5.32 Å². The van der Waals surface area contributed by atoms with Crippen molar-refractivity contribution in [1.29, 1.82) is 0 Å². The van der Waals surface area contributed by atoms with Crippen LogP contribution >= 0.6 is 0 Å². The summed E-state index contributed by atoms with van der Waals surface area (Å²) in [6.07, 6.45) is 6.04. The predicted octanol–water partition coefficient (Wildman–Crippen LogP) is 2.25. The van der Waals surface area contributed by atoms with Gasteiger partial charge in [-0.25, -0.2) is 0 Å². The number of aromatic hydroxyl groups is 1. The summed E-state index contributed by atoms with van der Waals surface area (Å²) in [6.45, 7) is 0.583. The number of benzene rings is 1. The summed E-state index contributed by atoms with van der Waals surface area (Å²) in [7, 11) is 1.38. The van der Waals surface area contributed by atoms with E-state index in [1.807, 2.05) is 0 Å². The molecule has 2 N–H and O–H groups in total. The summed E-state index contributed by atoms with van der Waals surface area (Å²) in [5.41, 5.74) is 0.848. The van der Waals surface area contributed by atoms with Crippen LogP contribution in [0.4, 0.5) is 0 Å². The van der Waals surface area contributed by atoms with Crippen molar-refractivity contribution in [2.45, 2.75) is 25.7 Å². The van der Waals surface area contributed by atoms with Gasteiger partial charge in [-0.2, -0.15) is 0 Å². The number of esters is 1. The number of hydrogen-bond acceptors (Lipinski definition) is 4. The standard InChI is InChI=1S/C16H21NO4/c1-21-16(20)5-3-2-4-12-17-15(19)11-8-13-6-9-14(18)10-7-13/h6-11,18H,2-5,12H2,1H3,(H,17,19)/b11-8+. The number of carbonyl (C=O) groups is 2. The van der Waals surface area contributed by atoms with Gasteiger partial charge in [-0.15, -0.1) is 0 Å². The summed E-state index contributed by atoms with van der Waals surface area (Å²) in [4.78, 5) is 22.4. The molecule has 0 saturated carbocycles. The Morgan fingerprint density at radius 1 is 1.19 bits per heavy atom. The Balaban J connectivity index is 2.14. The smallest absolute Gasteiger partial charge is 0.305 e. The van der Waals surface area contributed by atoms with Crippen molar-refractivity contribution >= 4 is 18.0 Å². The van der Waals surface area contributed by atoms with Gasteiger partial charge in [-0.3, -0.25) is 9.59 Å². The second-order valence-electron chi connectivity index (χ2n) is 4.60. The Hall–Kier alpha value is -2.30. The first-order valence-electron chi connectivity index (χ1n) is 6.93. The second-order valence-corrected chi connectivity index (χ2v) is 4.60. The minimum atomic E-state index is -0.198. The fourth-order valence-electron chi connectivity index (χ4n) is 1.70. The van der Waals surface area contributed by atoms with E-state index in [-0.39, 0.29) is 17.6 Å². The van der Waals surface area contributed by atoms with Gasteiger partial charge < -0.3 is 15.2 Å². The molecule has 114 valence electrons. The lowest BCUT2D eigenvalue weighted by atomic mass is 10.2. The molecule has 5 heteroatoms. The Kier molecular flexibility index (Phi) is 7.64. The Bertz CT molecular complexity index is 480. The number of phenols is 1. The number of methoxy groups -OCH3 is 1. The van der Waals surface area contributed by atoms with Crippen LogP contribution in [0.25, 0.3) is 6.08 Å². The highest BCUT2D eigenvalue weighted by atomic mass is 16.5. The first kappa shape index (κ1) is 16.8. The average Bonchev–Trinajstić information content (AvgIpc) is 2.49. The largest absolute Gasteiger partial charge is 0.508 e. The third-order valence-corrected chi connectivity index (χ3v) is 2.90. The van der Waals surface area contributed by atoms with Gasteiger partial charge in [0.15, 0.2) is 0 Å². The zero-order chi connectivity index (χ0) is 15.5. The van der Waals surface area contributed by atoms with Gasteiger partial charge in [0, 0.05) is 19.0 Å². The van der Waals surface area contributed by atoms with Crippen molar-refractivity contribution in [3.63, 3.8) is 0 Å². The minimum Gasteiger partial charge on any atom is -0.508 e. The molecule has 0 saturated heterocycles. The molecule has 1 aromatic carbocycles. The molecular weight excluding hydrogens is 270 g/mol. The Labute approximate surface area is 124 Å². The van der Waals surface area contributed by atoms with Crippen LogP contribution in [0.5, 0.6) is 5.75 Å². The van der Waals surface area contributed by atoms with Crippen molar-refractivity contribution in [3.05, 3.63) is 35.9 Å². The topological polar surface area (TPSA) is 75.6 Å². The van der Waals surface area contributed by atoms with Crippen molar-refractivity contribution < 1.29 is 19.4 Å². The number of phenolic OH excluding ortho intramolecular Hbond substituents is 1. The number of nitrogens with one attached hydrogen (secondary N) is 1. The highest BCUT2D eigenvalue weighted by molar-refractivity contribution is 5.91. The number of rotatable bonds is 8. The molecule has 1 rings (SSSR count). The maximum Gasteiger partial charge on any atom is 0.305 e. The van der Waals surface area contributed by atoms with Gasteiger partial charge in [0.2, 0.25) is 5.91 Å².